The molecule has 146 valence electrons. The molecular formula is C19H24N2O6. The van der Waals surface area contributed by atoms with Crippen molar-refractivity contribution < 1.29 is 28.9 Å². The number of ether oxygens (including phenoxy) is 3. The van der Waals surface area contributed by atoms with Crippen molar-refractivity contribution in [1.29, 1.82) is 0 Å². The van der Waals surface area contributed by atoms with Gasteiger partial charge in [-0.15, -0.1) is 0 Å². The van der Waals surface area contributed by atoms with Gasteiger partial charge in [0.05, 0.1) is 12.2 Å². The lowest BCUT2D eigenvalue weighted by Crippen LogP contribution is -2.30. The molecule has 1 aromatic carbocycles. The predicted octanol–water partition coefficient (Wildman–Crippen LogP) is 2.31. The van der Waals surface area contributed by atoms with E-state index in [2.05, 4.69) is 4.98 Å². The van der Waals surface area contributed by atoms with Crippen LogP contribution in [0.5, 0.6) is 5.75 Å². The zero-order chi connectivity index (χ0) is 19.6. The number of aliphatic hydroxyl groups excluding tert-OH is 1. The Hall–Kier alpha value is -2.87. The van der Waals surface area contributed by atoms with Crippen molar-refractivity contribution in [1.82, 2.24) is 9.55 Å². The number of carbonyl (C=O) groups excluding carboxylic acids is 2. The van der Waals surface area contributed by atoms with Gasteiger partial charge in [-0.2, -0.15) is 0 Å². The number of aromatic nitrogens is 2. The van der Waals surface area contributed by atoms with Crippen LogP contribution in [0.25, 0.3) is 0 Å². The number of para-hydroxylation sites is 1. The Kier molecular flexibility index (Phi) is 7.81. The molecule has 2 rings (SSSR count). The number of esters is 1. The van der Waals surface area contributed by atoms with E-state index in [1.165, 1.54) is 0 Å². The van der Waals surface area contributed by atoms with E-state index < -0.39 is 24.8 Å². The van der Waals surface area contributed by atoms with Crippen molar-refractivity contribution >= 4 is 12.1 Å². The molecule has 0 fully saturated rings. The van der Waals surface area contributed by atoms with Gasteiger partial charge < -0.3 is 23.9 Å². The Morgan fingerprint density at radius 2 is 1.96 bits per heavy atom. The summed E-state index contributed by atoms with van der Waals surface area (Å²) in [5.74, 6) is -1.06. The number of rotatable bonds is 9. The van der Waals surface area contributed by atoms with Gasteiger partial charge in [0.25, 0.3) is 0 Å². The fourth-order valence-electron chi connectivity index (χ4n) is 2.73. The van der Waals surface area contributed by atoms with Crippen LogP contribution in [-0.4, -0.2) is 40.2 Å². The Labute approximate surface area is 157 Å². The fourth-order valence-corrected chi connectivity index (χ4v) is 2.73. The third kappa shape index (κ3) is 6.10. The Morgan fingerprint density at radius 3 is 2.56 bits per heavy atom. The van der Waals surface area contributed by atoms with Crippen molar-refractivity contribution in [2.24, 2.45) is 18.9 Å². The van der Waals surface area contributed by atoms with Gasteiger partial charge >= 0.3 is 12.1 Å². The van der Waals surface area contributed by atoms with E-state index in [0.717, 1.165) is 5.69 Å². The molecule has 1 N–H and O–H groups in total. The summed E-state index contributed by atoms with van der Waals surface area (Å²) < 4.78 is 16.6. The standard InChI is InChI=1S/C19H24N2O6/c1-3-17(14(11-22)9-15-10-20-12-21(15)2)18(23)25-13-26-19(24)27-16-7-5-4-6-8-16/h4-8,10,12,14,17,22H,3,9,11,13H2,1-2H3. The van der Waals surface area contributed by atoms with Crippen LogP contribution in [0.3, 0.4) is 0 Å². The van der Waals surface area contributed by atoms with Gasteiger partial charge in [0.2, 0.25) is 6.79 Å². The first-order valence-electron chi connectivity index (χ1n) is 8.67. The van der Waals surface area contributed by atoms with Crippen LogP contribution in [-0.2, 0) is 27.7 Å². The number of hydrogen-bond acceptors (Lipinski definition) is 7. The number of benzene rings is 1. The van der Waals surface area contributed by atoms with Crippen LogP contribution in [0.2, 0.25) is 0 Å². The molecule has 1 heterocycles. The average Bonchev–Trinajstić information content (AvgIpc) is 3.07. The normalized spacial score (nSPS) is 12.9. The molecule has 2 unspecified atom stereocenters. The van der Waals surface area contributed by atoms with Crippen LogP contribution in [0, 0.1) is 11.8 Å². The number of hydrogen-bond donors (Lipinski definition) is 1. The molecule has 2 atom stereocenters. The SMILES string of the molecule is CCC(C(=O)OCOC(=O)Oc1ccccc1)C(CO)Cc1cncn1C. The Balaban J connectivity index is 1.82. The number of aryl methyl sites for hydroxylation is 1. The molecule has 2 aromatic rings. The summed E-state index contributed by atoms with van der Waals surface area (Å²) in [7, 11) is 1.85. The summed E-state index contributed by atoms with van der Waals surface area (Å²) in [6.45, 7) is 1.11. The van der Waals surface area contributed by atoms with Gasteiger partial charge in [0.15, 0.2) is 0 Å². The van der Waals surface area contributed by atoms with E-state index in [1.54, 1.807) is 42.9 Å². The highest BCUT2D eigenvalue weighted by atomic mass is 16.8. The third-order valence-corrected chi connectivity index (χ3v) is 4.26. The molecule has 8 heteroatoms. The fraction of sp³-hybridized carbons (Fsp3) is 0.421. The summed E-state index contributed by atoms with van der Waals surface area (Å²) in [5, 5.41) is 9.70. The maximum absolute atomic E-state index is 12.3. The number of carbonyl (C=O) groups is 2. The number of imidazole rings is 1. The Bertz CT molecular complexity index is 731. The first-order valence-corrected chi connectivity index (χ1v) is 8.67. The quantitative estimate of drug-likeness (QED) is 0.407. The molecule has 0 amide bonds. The predicted molar refractivity (Wildman–Crippen MR) is 95.8 cm³/mol. The lowest BCUT2D eigenvalue weighted by molar-refractivity contribution is -0.160. The molecule has 1 aromatic heterocycles. The molecular weight excluding hydrogens is 352 g/mol. The van der Waals surface area contributed by atoms with Crippen molar-refractivity contribution in [2.75, 3.05) is 13.4 Å². The van der Waals surface area contributed by atoms with E-state index in [1.807, 2.05) is 18.5 Å². The summed E-state index contributed by atoms with van der Waals surface area (Å²) in [6.07, 6.45) is 3.36. The van der Waals surface area contributed by atoms with Crippen LogP contribution in [0.15, 0.2) is 42.9 Å². The molecule has 0 saturated carbocycles. The Morgan fingerprint density at radius 1 is 1.22 bits per heavy atom. The number of aliphatic hydroxyl groups is 1. The van der Waals surface area contributed by atoms with Gasteiger partial charge in [-0.3, -0.25) is 4.79 Å². The largest absolute Gasteiger partial charge is 0.516 e. The highest BCUT2D eigenvalue weighted by Gasteiger charge is 2.29. The van der Waals surface area contributed by atoms with Gasteiger partial charge in [-0.25, -0.2) is 9.78 Å². The van der Waals surface area contributed by atoms with Gasteiger partial charge in [-0.1, -0.05) is 25.1 Å². The maximum Gasteiger partial charge on any atom is 0.516 e. The minimum Gasteiger partial charge on any atom is -0.427 e. The third-order valence-electron chi connectivity index (χ3n) is 4.26. The first kappa shape index (κ1) is 20.4. The number of nitrogens with zero attached hydrogens (tertiary/aromatic N) is 2. The van der Waals surface area contributed by atoms with E-state index in [-0.39, 0.29) is 12.5 Å². The van der Waals surface area contributed by atoms with Crippen LogP contribution in [0.1, 0.15) is 19.0 Å². The monoisotopic (exact) mass is 376 g/mol. The lowest BCUT2D eigenvalue weighted by Gasteiger charge is -2.23. The van der Waals surface area contributed by atoms with Crippen LogP contribution < -0.4 is 4.74 Å². The second-order valence-electron chi connectivity index (χ2n) is 6.05. The minimum atomic E-state index is -0.962. The van der Waals surface area contributed by atoms with Gasteiger partial charge in [0.1, 0.15) is 5.75 Å². The van der Waals surface area contributed by atoms with Crippen molar-refractivity contribution in [3.63, 3.8) is 0 Å². The van der Waals surface area contributed by atoms with E-state index >= 15 is 0 Å². The second-order valence-corrected chi connectivity index (χ2v) is 6.05. The highest BCUT2D eigenvalue weighted by Crippen LogP contribution is 2.22. The molecule has 0 aliphatic rings. The molecule has 8 nitrogen and oxygen atoms in total. The average molecular weight is 376 g/mol. The summed E-state index contributed by atoms with van der Waals surface area (Å²) in [5.41, 5.74) is 0.906. The summed E-state index contributed by atoms with van der Waals surface area (Å²) >= 11 is 0. The van der Waals surface area contributed by atoms with Crippen LogP contribution >= 0.6 is 0 Å². The topological polar surface area (TPSA) is 99.9 Å². The lowest BCUT2D eigenvalue weighted by atomic mass is 9.87. The van der Waals surface area contributed by atoms with Crippen molar-refractivity contribution in [3.05, 3.63) is 48.5 Å². The van der Waals surface area contributed by atoms with E-state index in [4.69, 9.17) is 14.2 Å². The molecule has 0 bridgehead atoms. The maximum atomic E-state index is 12.3. The zero-order valence-electron chi connectivity index (χ0n) is 15.4. The summed E-state index contributed by atoms with van der Waals surface area (Å²) in [6, 6.07) is 8.42. The molecule has 0 radical (unpaired) electrons. The van der Waals surface area contributed by atoms with Crippen molar-refractivity contribution in [2.45, 2.75) is 19.8 Å². The summed E-state index contributed by atoms with van der Waals surface area (Å²) in [4.78, 5) is 28.0. The molecule has 0 spiro atoms. The smallest absolute Gasteiger partial charge is 0.427 e. The van der Waals surface area contributed by atoms with E-state index in [0.29, 0.717) is 18.6 Å². The molecule has 0 saturated heterocycles. The minimum absolute atomic E-state index is 0.171. The first-order chi connectivity index (χ1) is 13.0. The van der Waals surface area contributed by atoms with Crippen molar-refractivity contribution in [3.8, 4) is 5.75 Å². The van der Waals surface area contributed by atoms with Crippen LogP contribution in [0.4, 0.5) is 4.79 Å². The molecule has 0 aliphatic carbocycles. The zero-order valence-corrected chi connectivity index (χ0v) is 15.4. The molecule has 27 heavy (non-hydrogen) atoms. The van der Waals surface area contributed by atoms with Gasteiger partial charge in [-0.05, 0) is 25.0 Å². The highest BCUT2D eigenvalue weighted by molar-refractivity contribution is 5.73. The molecule has 0 aliphatic heterocycles. The van der Waals surface area contributed by atoms with Gasteiger partial charge in [0, 0.05) is 31.5 Å². The second kappa shape index (κ2) is 10.3. The van der Waals surface area contributed by atoms with E-state index in [9.17, 15) is 14.7 Å².